The van der Waals surface area contributed by atoms with Crippen LogP contribution in [-0.4, -0.2) is 29.1 Å². The average Bonchev–Trinajstić information content (AvgIpc) is 2.71. The first-order valence-electron chi connectivity index (χ1n) is 5.89. The maximum Gasteiger partial charge on any atom is 0.223 e. The fraction of sp³-hybridized carbons (Fsp3) is 0.462. The van der Waals surface area contributed by atoms with E-state index in [1.807, 2.05) is 24.3 Å². The molecule has 3 N–H and O–H groups in total. The van der Waals surface area contributed by atoms with Gasteiger partial charge >= 0.3 is 0 Å². The lowest BCUT2D eigenvalue weighted by Crippen LogP contribution is -2.24. The van der Waals surface area contributed by atoms with Gasteiger partial charge in [-0.1, -0.05) is 24.3 Å². The van der Waals surface area contributed by atoms with Crippen LogP contribution in [0.2, 0.25) is 0 Å². The lowest BCUT2D eigenvalue weighted by Gasteiger charge is -2.16. The van der Waals surface area contributed by atoms with Gasteiger partial charge in [-0.2, -0.15) is 0 Å². The van der Waals surface area contributed by atoms with E-state index < -0.39 is 0 Å². The van der Waals surface area contributed by atoms with Gasteiger partial charge in [-0.05, 0) is 11.1 Å². The average molecular weight is 234 g/mol. The third-order valence-corrected chi connectivity index (χ3v) is 3.18. The number of benzene rings is 1. The molecule has 0 aliphatic carbocycles. The van der Waals surface area contributed by atoms with Crippen molar-refractivity contribution in [1.82, 2.24) is 4.90 Å². The zero-order valence-corrected chi connectivity index (χ0v) is 9.80. The highest BCUT2D eigenvalue weighted by molar-refractivity contribution is 5.78. The summed E-state index contributed by atoms with van der Waals surface area (Å²) in [6, 6.07) is 7.97. The van der Waals surface area contributed by atoms with Crippen LogP contribution < -0.4 is 5.73 Å². The highest BCUT2D eigenvalue weighted by Crippen LogP contribution is 2.19. The molecule has 17 heavy (non-hydrogen) atoms. The maximum atomic E-state index is 11.7. The SMILES string of the molecule is NCc1ccc(CN2CC(CO)CC2=O)cc1. The quantitative estimate of drug-likeness (QED) is 0.796. The van der Waals surface area contributed by atoms with Crippen LogP contribution in [0.1, 0.15) is 17.5 Å². The van der Waals surface area contributed by atoms with Gasteiger partial charge in [0.1, 0.15) is 0 Å². The van der Waals surface area contributed by atoms with Gasteiger partial charge in [-0.3, -0.25) is 4.79 Å². The largest absolute Gasteiger partial charge is 0.396 e. The summed E-state index contributed by atoms with van der Waals surface area (Å²) in [7, 11) is 0. The molecule has 0 aromatic heterocycles. The molecule has 1 aromatic rings. The summed E-state index contributed by atoms with van der Waals surface area (Å²) in [5, 5.41) is 9.04. The van der Waals surface area contributed by atoms with E-state index in [2.05, 4.69) is 0 Å². The van der Waals surface area contributed by atoms with Gasteiger partial charge in [0.25, 0.3) is 0 Å². The van der Waals surface area contributed by atoms with E-state index in [4.69, 9.17) is 10.8 Å². The van der Waals surface area contributed by atoms with Gasteiger partial charge in [0.2, 0.25) is 5.91 Å². The Morgan fingerprint density at radius 3 is 2.47 bits per heavy atom. The third-order valence-electron chi connectivity index (χ3n) is 3.18. The Labute approximate surface area is 101 Å². The zero-order chi connectivity index (χ0) is 12.3. The van der Waals surface area contributed by atoms with Crippen LogP contribution in [-0.2, 0) is 17.9 Å². The number of aliphatic hydroxyl groups is 1. The van der Waals surface area contributed by atoms with Gasteiger partial charge in [-0.15, -0.1) is 0 Å². The van der Waals surface area contributed by atoms with E-state index in [1.54, 1.807) is 4.90 Å². The predicted octanol–water partition coefficient (Wildman–Crippen LogP) is 0.486. The Balaban J connectivity index is 1.98. The summed E-state index contributed by atoms with van der Waals surface area (Å²) < 4.78 is 0. The molecule has 4 nitrogen and oxygen atoms in total. The molecule has 1 aromatic carbocycles. The van der Waals surface area contributed by atoms with Crippen molar-refractivity contribution in [2.24, 2.45) is 11.7 Å². The number of aliphatic hydroxyl groups excluding tert-OH is 1. The second-order valence-corrected chi connectivity index (χ2v) is 4.55. The van der Waals surface area contributed by atoms with Crippen LogP contribution in [0.3, 0.4) is 0 Å². The Morgan fingerprint density at radius 1 is 1.29 bits per heavy atom. The van der Waals surface area contributed by atoms with Gasteiger partial charge < -0.3 is 15.7 Å². The minimum absolute atomic E-state index is 0.0916. The fourth-order valence-electron chi connectivity index (χ4n) is 2.13. The molecule has 0 radical (unpaired) electrons. The zero-order valence-electron chi connectivity index (χ0n) is 9.80. The number of likely N-dealkylation sites (tertiary alicyclic amines) is 1. The molecule has 0 spiro atoms. The van der Waals surface area contributed by atoms with Crippen molar-refractivity contribution in [2.75, 3.05) is 13.2 Å². The number of hydrogen-bond donors (Lipinski definition) is 2. The summed E-state index contributed by atoms with van der Waals surface area (Å²) in [6.07, 6.45) is 0.470. The Hall–Kier alpha value is -1.39. The van der Waals surface area contributed by atoms with Gasteiger partial charge in [0.05, 0.1) is 0 Å². The van der Waals surface area contributed by atoms with Crippen LogP contribution in [0.5, 0.6) is 0 Å². The van der Waals surface area contributed by atoms with Crippen molar-refractivity contribution in [3.63, 3.8) is 0 Å². The number of hydrogen-bond acceptors (Lipinski definition) is 3. The molecule has 4 heteroatoms. The van der Waals surface area contributed by atoms with Crippen molar-refractivity contribution >= 4 is 5.91 Å². The van der Waals surface area contributed by atoms with E-state index >= 15 is 0 Å². The molecular weight excluding hydrogens is 216 g/mol. The highest BCUT2D eigenvalue weighted by Gasteiger charge is 2.28. The number of nitrogens with zero attached hydrogens (tertiary/aromatic N) is 1. The molecule has 1 fully saturated rings. The standard InChI is InChI=1S/C13H18N2O2/c14-6-10-1-3-11(4-2-10)7-15-8-12(9-16)5-13(15)17/h1-4,12,16H,5-9,14H2. The molecule has 1 atom stereocenters. The minimum atomic E-state index is 0.0916. The molecule has 1 heterocycles. The van der Waals surface area contributed by atoms with Crippen molar-refractivity contribution in [2.45, 2.75) is 19.5 Å². The van der Waals surface area contributed by atoms with Gasteiger partial charge in [0, 0.05) is 38.6 Å². The van der Waals surface area contributed by atoms with Crippen molar-refractivity contribution in [3.05, 3.63) is 35.4 Å². The van der Waals surface area contributed by atoms with E-state index in [1.165, 1.54) is 0 Å². The summed E-state index contributed by atoms with van der Waals surface area (Å²) in [5.74, 6) is 0.234. The lowest BCUT2D eigenvalue weighted by molar-refractivity contribution is -0.128. The van der Waals surface area contributed by atoms with Gasteiger partial charge in [-0.25, -0.2) is 0 Å². The van der Waals surface area contributed by atoms with Gasteiger partial charge in [0.15, 0.2) is 0 Å². The van der Waals surface area contributed by atoms with E-state index in [0.717, 1.165) is 11.1 Å². The van der Waals surface area contributed by atoms with Crippen molar-refractivity contribution < 1.29 is 9.90 Å². The number of nitrogens with two attached hydrogens (primary N) is 1. The molecule has 92 valence electrons. The summed E-state index contributed by atoms with van der Waals surface area (Å²) >= 11 is 0. The number of carbonyl (C=O) groups is 1. The normalized spacial score (nSPS) is 20.0. The summed E-state index contributed by atoms with van der Waals surface area (Å²) in [6.45, 7) is 1.91. The monoisotopic (exact) mass is 234 g/mol. The second kappa shape index (κ2) is 5.29. The van der Waals surface area contributed by atoms with Crippen LogP contribution in [0.15, 0.2) is 24.3 Å². The first-order chi connectivity index (χ1) is 8.22. The van der Waals surface area contributed by atoms with Crippen LogP contribution in [0.25, 0.3) is 0 Å². The molecule has 1 unspecified atom stereocenters. The molecule has 1 saturated heterocycles. The Kier molecular flexibility index (Phi) is 3.76. The smallest absolute Gasteiger partial charge is 0.223 e. The minimum Gasteiger partial charge on any atom is -0.396 e. The molecule has 2 rings (SSSR count). The highest BCUT2D eigenvalue weighted by atomic mass is 16.3. The first kappa shape index (κ1) is 12.1. The predicted molar refractivity (Wildman–Crippen MR) is 64.9 cm³/mol. The molecule has 1 amide bonds. The third kappa shape index (κ3) is 2.84. The molecule has 0 bridgehead atoms. The number of rotatable bonds is 4. The summed E-state index contributed by atoms with van der Waals surface area (Å²) in [5.41, 5.74) is 7.73. The van der Waals surface area contributed by atoms with Crippen LogP contribution in [0.4, 0.5) is 0 Å². The molecule has 0 saturated carbocycles. The molecule has 1 aliphatic rings. The number of carbonyl (C=O) groups excluding carboxylic acids is 1. The van der Waals surface area contributed by atoms with Crippen molar-refractivity contribution in [3.8, 4) is 0 Å². The second-order valence-electron chi connectivity index (χ2n) is 4.55. The first-order valence-corrected chi connectivity index (χ1v) is 5.89. The number of amides is 1. The molecule has 1 aliphatic heterocycles. The van der Waals surface area contributed by atoms with E-state index in [9.17, 15) is 4.79 Å². The van der Waals surface area contributed by atoms with E-state index in [-0.39, 0.29) is 18.4 Å². The van der Waals surface area contributed by atoms with Crippen LogP contribution >= 0.6 is 0 Å². The van der Waals surface area contributed by atoms with Crippen LogP contribution in [0, 0.1) is 5.92 Å². The lowest BCUT2D eigenvalue weighted by atomic mass is 10.1. The Bertz CT molecular complexity index is 389. The molecular formula is C13H18N2O2. The topological polar surface area (TPSA) is 66.6 Å². The van der Waals surface area contributed by atoms with Crippen molar-refractivity contribution in [1.29, 1.82) is 0 Å². The maximum absolute atomic E-state index is 11.7. The Morgan fingerprint density at radius 2 is 1.94 bits per heavy atom. The summed E-state index contributed by atoms with van der Waals surface area (Å²) in [4.78, 5) is 13.5. The fourth-order valence-corrected chi connectivity index (χ4v) is 2.13. The van der Waals surface area contributed by atoms with E-state index in [0.29, 0.717) is 26.1 Å².